The fraction of sp³-hybridized carbons (Fsp3) is 1.00. The molecule has 1 fully saturated rings. The molecule has 1 saturated heterocycles. The average Bonchev–Trinajstić information content (AvgIpc) is 2.71. The molecule has 174 valence electrons. The third kappa shape index (κ3) is 16.3. The quantitative estimate of drug-likeness (QED) is 0.203. The first-order valence-corrected chi connectivity index (χ1v) is 13.6. The Morgan fingerprint density at radius 3 is 1.17 bits per heavy atom. The number of unbranched alkanes of at least 4 members (excludes halogenated alkanes) is 16. The van der Waals surface area contributed by atoms with E-state index in [0.717, 1.165) is 25.7 Å². The van der Waals surface area contributed by atoms with Crippen LogP contribution in [0.4, 0.5) is 0 Å². The number of hydrogen-bond acceptors (Lipinski definition) is 2. The van der Waals surface area contributed by atoms with Crippen LogP contribution in [0.2, 0.25) is 0 Å². The fourth-order valence-electron chi connectivity index (χ4n) is 4.82. The Morgan fingerprint density at radius 1 is 0.517 bits per heavy atom. The Bertz CT molecular complexity index is 300. The molecule has 0 aromatic carbocycles. The third-order valence-corrected chi connectivity index (χ3v) is 6.71. The maximum Gasteiger partial charge on any atom is 0.0603 e. The SMILES string of the molecule is CCCCCCCCCCC[C@@H]1CC(O)C[C@H](CCCCCCCCCCC)O1. The Kier molecular flexibility index (Phi) is 18.5. The van der Waals surface area contributed by atoms with Crippen LogP contribution in [-0.2, 0) is 4.74 Å². The maximum atomic E-state index is 10.3. The molecule has 0 radical (unpaired) electrons. The topological polar surface area (TPSA) is 29.5 Å². The summed E-state index contributed by atoms with van der Waals surface area (Å²) in [6, 6.07) is 0. The van der Waals surface area contributed by atoms with E-state index < -0.39 is 0 Å². The zero-order chi connectivity index (χ0) is 21.0. The molecule has 2 nitrogen and oxygen atoms in total. The molecule has 1 unspecified atom stereocenters. The zero-order valence-electron chi connectivity index (χ0n) is 20.1. The van der Waals surface area contributed by atoms with Crippen molar-refractivity contribution in [3.8, 4) is 0 Å². The van der Waals surface area contributed by atoms with Gasteiger partial charge in [-0.2, -0.15) is 0 Å². The molecule has 0 aromatic heterocycles. The molecule has 0 amide bonds. The highest BCUT2D eigenvalue weighted by Gasteiger charge is 2.27. The van der Waals surface area contributed by atoms with E-state index in [9.17, 15) is 5.11 Å². The highest BCUT2D eigenvalue weighted by atomic mass is 16.5. The monoisotopic (exact) mass is 410 g/mol. The Hall–Kier alpha value is -0.0800. The molecule has 0 aliphatic carbocycles. The van der Waals surface area contributed by atoms with Gasteiger partial charge >= 0.3 is 0 Å². The predicted octanol–water partition coefficient (Wildman–Crippen LogP) is 8.74. The summed E-state index contributed by atoms with van der Waals surface area (Å²) in [7, 11) is 0. The lowest BCUT2D eigenvalue weighted by atomic mass is 9.94. The molecule has 0 spiro atoms. The van der Waals surface area contributed by atoms with Gasteiger partial charge in [-0.3, -0.25) is 0 Å². The molecule has 1 heterocycles. The summed E-state index contributed by atoms with van der Waals surface area (Å²) in [4.78, 5) is 0. The lowest BCUT2D eigenvalue weighted by molar-refractivity contribution is -0.101. The second-order valence-corrected chi connectivity index (χ2v) is 9.74. The van der Waals surface area contributed by atoms with Gasteiger partial charge in [0.25, 0.3) is 0 Å². The van der Waals surface area contributed by atoms with E-state index in [0.29, 0.717) is 12.2 Å². The molecule has 3 atom stereocenters. The van der Waals surface area contributed by atoms with Crippen LogP contribution >= 0.6 is 0 Å². The third-order valence-electron chi connectivity index (χ3n) is 6.71. The van der Waals surface area contributed by atoms with Crippen LogP contribution in [0.1, 0.15) is 155 Å². The van der Waals surface area contributed by atoms with Gasteiger partial charge in [-0.25, -0.2) is 0 Å². The van der Waals surface area contributed by atoms with Crippen molar-refractivity contribution < 1.29 is 9.84 Å². The molecular weight excluding hydrogens is 356 g/mol. The van der Waals surface area contributed by atoms with Crippen LogP contribution in [0.25, 0.3) is 0 Å². The van der Waals surface area contributed by atoms with Gasteiger partial charge in [-0.15, -0.1) is 0 Å². The minimum absolute atomic E-state index is 0.129. The molecule has 1 aliphatic rings. The second kappa shape index (κ2) is 19.9. The first-order chi connectivity index (χ1) is 14.3. The van der Waals surface area contributed by atoms with Crippen molar-refractivity contribution in [1.29, 1.82) is 0 Å². The lowest BCUT2D eigenvalue weighted by Gasteiger charge is -2.33. The van der Waals surface area contributed by atoms with Crippen molar-refractivity contribution in [3.05, 3.63) is 0 Å². The van der Waals surface area contributed by atoms with E-state index in [-0.39, 0.29) is 6.10 Å². The molecule has 1 N–H and O–H groups in total. The van der Waals surface area contributed by atoms with E-state index >= 15 is 0 Å². The summed E-state index contributed by atoms with van der Waals surface area (Å²) in [6.07, 6.45) is 29.3. The van der Waals surface area contributed by atoms with E-state index in [2.05, 4.69) is 13.8 Å². The van der Waals surface area contributed by atoms with Gasteiger partial charge in [-0.1, -0.05) is 129 Å². The Morgan fingerprint density at radius 2 is 0.828 bits per heavy atom. The number of ether oxygens (including phenoxy) is 1. The highest BCUT2D eigenvalue weighted by Crippen LogP contribution is 2.27. The van der Waals surface area contributed by atoms with Crippen LogP contribution in [0.15, 0.2) is 0 Å². The van der Waals surface area contributed by atoms with Gasteiger partial charge in [0.2, 0.25) is 0 Å². The van der Waals surface area contributed by atoms with Crippen molar-refractivity contribution in [2.75, 3.05) is 0 Å². The van der Waals surface area contributed by atoms with Crippen LogP contribution in [0.3, 0.4) is 0 Å². The second-order valence-electron chi connectivity index (χ2n) is 9.74. The lowest BCUT2D eigenvalue weighted by Crippen LogP contribution is -2.35. The van der Waals surface area contributed by atoms with E-state index in [1.54, 1.807) is 0 Å². The molecule has 0 saturated carbocycles. The van der Waals surface area contributed by atoms with Crippen molar-refractivity contribution in [3.63, 3.8) is 0 Å². The standard InChI is InChI=1S/C27H54O2/c1-3-5-7-9-11-13-15-17-19-21-26-23-25(28)24-27(29-26)22-20-18-16-14-12-10-8-6-4-2/h25-28H,3-24H2,1-2H3/t25?,26-,27+. The normalized spacial score (nSPS) is 22.2. The number of aliphatic hydroxyl groups excluding tert-OH is 1. The Balaban J connectivity index is 1.97. The Labute approximate surface area is 183 Å². The van der Waals surface area contributed by atoms with Gasteiger partial charge in [0.15, 0.2) is 0 Å². The predicted molar refractivity (Wildman–Crippen MR) is 128 cm³/mol. The number of hydrogen-bond donors (Lipinski definition) is 1. The largest absolute Gasteiger partial charge is 0.393 e. The van der Waals surface area contributed by atoms with Gasteiger partial charge in [0.1, 0.15) is 0 Å². The van der Waals surface area contributed by atoms with Crippen molar-refractivity contribution in [2.24, 2.45) is 0 Å². The summed E-state index contributed by atoms with van der Waals surface area (Å²) in [5.74, 6) is 0. The number of aliphatic hydroxyl groups is 1. The van der Waals surface area contributed by atoms with Crippen LogP contribution in [-0.4, -0.2) is 23.4 Å². The highest BCUT2D eigenvalue weighted by molar-refractivity contribution is 4.77. The molecular formula is C27H54O2. The minimum atomic E-state index is -0.129. The van der Waals surface area contributed by atoms with Crippen molar-refractivity contribution in [2.45, 2.75) is 173 Å². The minimum Gasteiger partial charge on any atom is -0.393 e. The molecule has 2 heteroatoms. The van der Waals surface area contributed by atoms with E-state index in [1.807, 2.05) is 0 Å². The van der Waals surface area contributed by atoms with Crippen molar-refractivity contribution >= 4 is 0 Å². The molecule has 29 heavy (non-hydrogen) atoms. The molecule has 0 bridgehead atoms. The number of rotatable bonds is 20. The first kappa shape index (κ1) is 27.0. The van der Waals surface area contributed by atoms with Gasteiger partial charge in [0, 0.05) is 0 Å². The summed E-state index contributed by atoms with van der Waals surface area (Å²) < 4.78 is 6.34. The summed E-state index contributed by atoms with van der Waals surface area (Å²) in [6.45, 7) is 4.57. The summed E-state index contributed by atoms with van der Waals surface area (Å²) in [5, 5.41) is 10.3. The van der Waals surface area contributed by atoms with Gasteiger partial charge < -0.3 is 9.84 Å². The van der Waals surface area contributed by atoms with Gasteiger partial charge in [-0.05, 0) is 25.7 Å². The zero-order valence-corrected chi connectivity index (χ0v) is 20.1. The average molecular weight is 411 g/mol. The fourth-order valence-corrected chi connectivity index (χ4v) is 4.82. The first-order valence-electron chi connectivity index (χ1n) is 13.6. The van der Waals surface area contributed by atoms with Crippen LogP contribution < -0.4 is 0 Å². The van der Waals surface area contributed by atoms with E-state index in [4.69, 9.17) is 4.74 Å². The van der Waals surface area contributed by atoms with Crippen LogP contribution in [0.5, 0.6) is 0 Å². The molecule has 1 rings (SSSR count). The van der Waals surface area contributed by atoms with Crippen LogP contribution in [0, 0.1) is 0 Å². The van der Waals surface area contributed by atoms with Crippen molar-refractivity contribution in [1.82, 2.24) is 0 Å². The maximum absolute atomic E-state index is 10.3. The molecule has 0 aromatic rings. The smallest absolute Gasteiger partial charge is 0.0603 e. The van der Waals surface area contributed by atoms with Gasteiger partial charge in [0.05, 0.1) is 18.3 Å². The summed E-state index contributed by atoms with van der Waals surface area (Å²) in [5.41, 5.74) is 0. The summed E-state index contributed by atoms with van der Waals surface area (Å²) >= 11 is 0. The molecule has 1 aliphatic heterocycles. The van der Waals surface area contributed by atoms with E-state index in [1.165, 1.54) is 116 Å².